The molecule has 0 bridgehead atoms. The van der Waals surface area contributed by atoms with E-state index >= 15 is 0 Å². The van der Waals surface area contributed by atoms with Crippen molar-refractivity contribution in [2.45, 2.75) is 45.1 Å². The number of nitrogens with one attached hydrogen (secondary N) is 1. The molecule has 17 heavy (non-hydrogen) atoms. The minimum atomic E-state index is 0.589. The Morgan fingerprint density at radius 2 is 2.18 bits per heavy atom. The van der Waals surface area contributed by atoms with E-state index in [1.807, 2.05) is 0 Å². The normalized spacial score (nSPS) is 18.5. The number of ether oxygens (including phenoxy) is 1. The van der Waals surface area contributed by atoms with E-state index in [0.29, 0.717) is 6.04 Å². The van der Waals surface area contributed by atoms with Gasteiger partial charge in [0.1, 0.15) is 0 Å². The molecule has 2 rings (SSSR count). The van der Waals surface area contributed by atoms with E-state index in [2.05, 4.69) is 36.5 Å². The van der Waals surface area contributed by atoms with Gasteiger partial charge in [-0.15, -0.1) is 0 Å². The third-order valence-electron chi connectivity index (χ3n) is 3.39. The molecular formula is C15H23NO. The van der Waals surface area contributed by atoms with Crippen LogP contribution in [0.1, 0.15) is 38.2 Å². The Kier molecular flexibility index (Phi) is 4.87. The number of anilines is 1. The van der Waals surface area contributed by atoms with Crippen molar-refractivity contribution in [2.24, 2.45) is 0 Å². The Balaban J connectivity index is 1.71. The van der Waals surface area contributed by atoms with Gasteiger partial charge in [-0.05, 0) is 37.3 Å². The number of unbranched alkanes of at least 4 members (excludes halogenated alkanes) is 1. The Morgan fingerprint density at radius 3 is 3.06 bits per heavy atom. The number of fused-ring (bicyclic) bond motifs is 1. The summed E-state index contributed by atoms with van der Waals surface area (Å²) in [7, 11) is 0. The van der Waals surface area contributed by atoms with Crippen molar-refractivity contribution >= 4 is 5.69 Å². The van der Waals surface area contributed by atoms with Crippen LogP contribution < -0.4 is 5.32 Å². The Hall–Kier alpha value is -1.02. The van der Waals surface area contributed by atoms with E-state index in [1.54, 1.807) is 0 Å². The van der Waals surface area contributed by atoms with Gasteiger partial charge in [0, 0.05) is 24.9 Å². The van der Waals surface area contributed by atoms with Gasteiger partial charge >= 0.3 is 0 Å². The highest BCUT2D eigenvalue weighted by atomic mass is 16.5. The van der Waals surface area contributed by atoms with Gasteiger partial charge in [-0.25, -0.2) is 0 Å². The van der Waals surface area contributed by atoms with Crippen LogP contribution in [0.5, 0.6) is 0 Å². The predicted molar refractivity (Wildman–Crippen MR) is 72.5 cm³/mol. The molecule has 0 spiro atoms. The second-order valence-electron chi connectivity index (χ2n) is 4.79. The lowest BCUT2D eigenvalue weighted by Gasteiger charge is -2.26. The number of rotatable bonds is 6. The van der Waals surface area contributed by atoms with Gasteiger partial charge in [-0.2, -0.15) is 0 Å². The molecule has 1 unspecified atom stereocenters. The zero-order chi connectivity index (χ0) is 11.9. The topological polar surface area (TPSA) is 21.3 Å². The molecule has 1 N–H and O–H groups in total. The highest BCUT2D eigenvalue weighted by Gasteiger charge is 2.16. The van der Waals surface area contributed by atoms with Crippen molar-refractivity contribution in [3.63, 3.8) is 0 Å². The summed E-state index contributed by atoms with van der Waals surface area (Å²) in [5.74, 6) is 0. The monoisotopic (exact) mass is 233 g/mol. The van der Waals surface area contributed by atoms with Gasteiger partial charge in [-0.3, -0.25) is 0 Å². The summed E-state index contributed by atoms with van der Waals surface area (Å²) in [6.07, 6.45) is 5.95. The minimum Gasteiger partial charge on any atom is -0.382 e. The van der Waals surface area contributed by atoms with Crippen LogP contribution in [0.15, 0.2) is 24.3 Å². The van der Waals surface area contributed by atoms with Crippen molar-refractivity contribution in [3.8, 4) is 0 Å². The summed E-state index contributed by atoms with van der Waals surface area (Å²) in [6.45, 7) is 4.00. The molecular weight excluding hydrogens is 210 g/mol. The van der Waals surface area contributed by atoms with Crippen LogP contribution in [0.2, 0.25) is 0 Å². The van der Waals surface area contributed by atoms with Crippen molar-refractivity contribution in [3.05, 3.63) is 29.8 Å². The molecule has 0 radical (unpaired) electrons. The molecule has 1 aliphatic rings. The molecule has 1 aliphatic heterocycles. The zero-order valence-corrected chi connectivity index (χ0v) is 10.7. The van der Waals surface area contributed by atoms with Crippen LogP contribution in [0, 0.1) is 0 Å². The van der Waals surface area contributed by atoms with E-state index in [1.165, 1.54) is 36.9 Å². The van der Waals surface area contributed by atoms with Crippen molar-refractivity contribution in [1.82, 2.24) is 0 Å². The largest absolute Gasteiger partial charge is 0.382 e. The molecule has 1 atom stereocenters. The fraction of sp³-hybridized carbons (Fsp3) is 0.600. The molecule has 1 heterocycles. The number of hydrogen-bond acceptors (Lipinski definition) is 2. The Morgan fingerprint density at radius 1 is 1.29 bits per heavy atom. The third kappa shape index (κ3) is 3.74. The average molecular weight is 233 g/mol. The zero-order valence-electron chi connectivity index (χ0n) is 10.7. The molecule has 1 aromatic carbocycles. The molecule has 2 heteroatoms. The summed E-state index contributed by atoms with van der Waals surface area (Å²) >= 11 is 0. The first kappa shape index (κ1) is 12.4. The molecule has 0 fully saturated rings. The molecule has 0 saturated carbocycles. The predicted octanol–water partition coefficient (Wildman–Crippen LogP) is 3.62. The van der Waals surface area contributed by atoms with Gasteiger partial charge in [0.05, 0.1) is 0 Å². The quantitative estimate of drug-likeness (QED) is 0.758. The molecule has 0 saturated heterocycles. The molecule has 1 aromatic rings. The molecule has 2 nitrogen and oxygen atoms in total. The molecule has 94 valence electrons. The summed E-state index contributed by atoms with van der Waals surface area (Å²) in [6, 6.07) is 9.21. The molecule has 0 aromatic heterocycles. The first-order valence-corrected chi connectivity index (χ1v) is 6.82. The van der Waals surface area contributed by atoms with Gasteiger partial charge in [0.2, 0.25) is 0 Å². The lowest BCUT2D eigenvalue weighted by Crippen LogP contribution is -2.26. The van der Waals surface area contributed by atoms with E-state index in [-0.39, 0.29) is 0 Å². The van der Waals surface area contributed by atoms with Crippen LogP contribution in [-0.2, 0) is 11.2 Å². The number of aryl methyl sites for hydroxylation is 1. The number of benzene rings is 1. The second-order valence-corrected chi connectivity index (χ2v) is 4.79. The highest BCUT2D eigenvalue weighted by Crippen LogP contribution is 2.25. The summed E-state index contributed by atoms with van der Waals surface area (Å²) in [5.41, 5.74) is 2.77. The van der Waals surface area contributed by atoms with Crippen LogP contribution in [0.4, 0.5) is 5.69 Å². The van der Waals surface area contributed by atoms with Gasteiger partial charge in [0.15, 0.2) is 0 Å². The maximum atomic E-state index is 5.62. The average Bonchev–Trinajstić information content (AvgIpc) is 2.38. The summed E-state index contributed by atoms with van der Waals surface area (Å²) in [5, 5.41) is 3.61. The van der Waals surface area contributed by atoms with Crippen molar-refractivity contribution in [1.29, 1.82) is 0 Å². The fourth-order valence-corrected chi connectivity index (χ4v) is 2.29. The lowest BCUT2D eigenvalue weighted by molar-refractivity contribution is 0.125. The smallest absolute Gasteiger partial charge is 0.0485 e. The third-order valence-corrected chi connectivity index (χ3v) is 3.39. The van der Waals surface area contributed by atoms with Crippen LogP contribution in [0.3, 0.4) is 0 Å². The van der Waals surface area contributed by atoms with Gasteiger partial charge in [0.25, 0.3) is 0 Å². The lowest BCUT2D eigenvalue weighted by atomic mass is 9.96. The Labute approximate surface area is 104 Å². The first-order valence-electron chi connectivity index (χ1n) is 6.82. The van der Waals surface area contributed by atoms with Gasteiger partial charge < -0.3 is 10.1 Å². The summed E-state index contributed by atoms with van der Waals surface area (Å²) < 4.78 is 5.62. The van der Waals surface area contributed by atoms with E-state index in [0.717, 1.165) is 19.6 Å². The molecule has 0 aliphatic carbocycles. The van der Waals surface area contributed by atoms with Crippen LogP contribution in [0.25, 0.3) is 0 Å². The molecule has 0 amide bonds. The van der Waals surface area contributed by atoms with E-state index in [9.17, 15) is 0 Å². The van der Waals surface area contributed by atoms with E-state index < -0.39 is 0 Å². The van der Waals surface area contributed by atoms with E-state index in [4.69, 9.17) is 4.74 Å². The summed E-state index contributed by atoms with van der Waals surface area (Å²) in [4.78, 5) is 0. The SMILES string of the molecule is CCCCOCCC1CCc2ccccc2N1. The number of para-hydroxylation sites is 1. The van der Waals surface area contributed by atoms with Crippen molar-refractivity contribution in [2.75, 3.05) is 18.5 Å². The van der Waals surface area contributed by atoms with Crippen LogP contribution >= 0.6 is 0 Å². The van der Waals surface area contributed by atoms with Crippen molar-refractivity contribution < 1.29 is 4.74 Å². The van der Waals surface area contributed by atoms with Gasteiger partial charge in [-0.1, -0.05) is 31.5 Å². The fourth-order valence-electron chi connectivity index (χ4n) is 2.29. The maximum Gasteiger partial charge on any atom is 0.0485 e. The standard InChI is InChI=1S/C15H23NO/c1-2-3-11-17-12-10-14-9-8-13-6-4-5-7-15(13)16-14/h4-7,14,16H,2-3,8-12H2,1H3. The number of hydrogen-bond donors (Lipinski definition) is 1. The van der Waals surface area contributed by atoms with Crippen LogP contribution in [-0.4, -0.2) is 19.3 Å². The minimum absolute atomic E-state index is 0.589. The maximum absolute atomic E-state index is 5.62. The second kappa shape index (κ2) is 6.65. The Bertz CT molecular complexity index is 337. The first-order chi connectivity index (χ1) is 8.40. The highest BCUT2D eigenvalue weighted by molar-refractivity contribution is 5.53.